The molecule has 7 heteroatoms. The van der Waals surface area contributed by atoms with Crippen LogP contribution in [0.3, 0.4) is 0 Å². The molecule has 1 saturated heterocycles. The highest BCUT2D eigenvalue weighted by Gasteiger charge is 2.26. The van der Waals surface area contributed by atoms with E-state index in [4.69, 9.17) is 4.74 Å². The van der Waals surface area contributed by atoms with Crippen molar-refractivity contribution < 1.29 is 18.7 Å². The molecule has 2 atom stereocenters. The van der Waals surface area contributed by atoms with E-state index in [0.717, 1.165) is 6.42 Å². The van der Waals surface area contributed by atoms with Crippen LogP contribution >= 0.6 is 0 Å². The second kappa shape index (κ2) is 7.68. The molecule has 1 aliphatic rings. The Hall–Kier alpha value is -2.70. The minimum absolute atomic E-state index is 0.185. The highest BCUT2D eigenvalue weighted by molar-refractivity contribution is 5.90. The number of hydrogen-bond acceptors (Lipinski definition) is 4. The fourth-order valence-electron chi connectivity index (χ4n) is 3.41. The summed E-state index contributed by atoms with van der Waals surface area (Å²) in [6.07, 6.45) is 3.90. The van der Waals surface area contributed by atoms with Gasteiger partial charge in [-0.25, -0.2) is 14.2 Å². The molecule has 3 rings (SSSR count). The second-order valence-corrected chi connectivity index (χ2v) is 6.95. The van der Waals surface area contributed by atoms with Gasteiger partial charge in [0.1, 0.15) is 5.82 Å². The lowest BCUT2D eigenvalue weighted by Gasteiger charge is -2.34. The maximum Gasteiger partial charge on any atom is 0.357 e. The van der Waals surface area contributed by atoms with Crippen LogP contribution in [0.2, 0.25) is 0 Å². The molecular weight excluding hydrogens is 337 g/mol. The van der Waals surface area contributed by atoms with E-state index in [9.17, 15) is 14.0 Å². The fourth-order valence-corrected chi connectivity index (χ4v) is 3.41. The number of piperidine rings is 1. The number of benzene rings is 1. The van der Waals surface area contributed by atoms with Crippen LogP contribution in [0, 0.1) is 17.7 Å². The van der Waals surface area contributed by atoms with Gasteiger partial charge in [0.05, 0.1) is 12.5 Å². The number of imidazole rings is 1. The van der Waals surface area contributed by atoms with E-state index in [0.29, 0.717) is 30.6 Å². The molecular formula is C19H22FN3O3. The number of halogens is 1. The summed E-state index contributed by atoms with van der Waals surface area (Å²) in [6, 6.07) is 5.67. The Morgan fingerprint density at radius 3 is 2.50 bits per heavy atom. The number of esters is 1. The van der Waals surface area contributed by atoms with Crippen LogP contribution in [0.4, 0.5) is 4.39 Å². The number of likely N-dealkylation sites (tertiary alicyclic amines) is 1. The van der Waals surface area contributed by atoms with Gasteiger partial charge in [-0.2, -0.15) is 0 Å². The quantitative estimate of drug-likeness (QED) is 0.788. The Balaban J connectivity index is 1.63. The fraction of sp³-hybridized carbons (Fsp3) is 0.421. The first-order valence-electron chi connectivity index (χ1n) is 8.67. The minimum Gasteiger partial charge on any atom is -0.451 e. The lowest BCUT2D eigenvalue weighted by molar-refractivity contribution is -0.137. The van der Waals surface area contributed by atoms with Crippen LogP contribution < -0.4 is 0 Å². The van der Waals surface area contributed by atoms with Crippen LogP contribution in [0.15, 0.2) is 36.8 Å². The van der Waals surface area contributed by atoms with E-state index in [2.05, 4.69) is 18.8 Å². The Morgan fingerprint density at radius 2 is 1.85 bits per heavy atom. The SMILES string of the molecule is C[C@H]1C[C@H](C)CN(C(=O)COC(=O)c2cncn2-c2ccc(F)cc2)C1. The molecule has 0 unspecified atom stereocenters. The molecule has 1 fully saturated rings. The van der Waals surface area contributed by atoms with Crippen LogP contribution in [0.5, 0.6) is 0 Å². The number of carbonyl (C=O) groups is 2. The molecule has 0 aliphatic carbocycles. The number of amides is 1. The van der Waals surface area contributed by atoms with Crippen molar-refractivity contribution in [2.24, 2.45) is 11.8 Å². The highest BCUT2D eigenvalue weighted by Crippen LogP contribution is 2.21. The lowest BCUT2D eigenvalue weighted by atomic mass is 9.92. The number of nitrogens with zero attached hydrogens (tertiary/aromatic N) is 3. The van der Waals surface area contributed by atoms with Crippen molar-refractivity contribution in [3.63, 3.8) is 0 Å². The largest absolute Gasteiger partial charge is 0.451 e. The van der Waals surface area contributed by atoms with Gasteiger partial charge in [0, 0.05) is 18.8 Å². The zero-order valence-electron chi connectivity index (χ0n) is 14.9. The Labute approximate surface area is 151 Å². The van der Waals surface area contributed by atoms with Crippen LogP contribution in [0.25, 0.3) is 5.69 Å². The van der Waals surface area contributed by atoms with Gasteiger partial charge in [-0.3, -0.25) is 9.36 Å². The summed E-state index contributed by atoms with van der Waals surface area (Å²) in [7, 11) is 0. The maximum absolute atomic E-state index is 13.1. The highest BCUT2D eigenvalue weighted by atomic mass is 19.1. The number of rotatable bonds is 4. The monoisotopic (exact) mass is 359 g/mol. The van der Waals surface area contributed by atoms with Gasteiger partial charge in [-0.1, -0.05) is 13.8 Å². The maximum atomic E-state index is 13.1. The Bertz CT molecular complexity index is 778. The molecule has 1 amide bonds. The number of hydrogen-bond donors (Lipinski definition) is 0. The summed E-state index contributed by atoms with van der Waals surface area (Å²) in [4.78, 5) is 30.4. The van der Waals surface area contributed by atoms with Crippen LogP contribution in [-0.4, -0.2) is 46.0 Å². The van der Waals surface area contributed by atoms with Gasteiger partial charge >= 0.3 is 5.97 Å². The molecule has 0 bridgehead atoms. The van der Waals surface area contributed by atoms with Gasteiger partial charge in [-0.05, 0) is 42.5 Å². The third-order valence-corrected chi connectivity index (χ3v) is 4.50. The van der Waals surface area contributed by atoms with Crippen molar-refractivity contribution in [1.29, 1.82) is 0 Å². The van der Waals surface area contributed by atoms with E-state index >= 15 is 0 Å². The Kier molecular flexibility index (Phi) is 5.35. The smallest absolute Gasteiger partial charge is 0.357 e. The van der Waals surface area contributed by atoms with Gasteiger partial charge < -0.3 is 9.64 Å². The molecule has 0 radical (unpaired) electrons. The molecule has 26 heavy (non-hydrogen) atoms. The average molecular weight is 359 g/mol. The zero-order chi connectivity index (χ0) is 18.7. The normalized spacial score (nSPS) is 20.0. The molecule has 6 nitrogen and oxygen atoms in total. The van der Waals surface area contributed by atoms with E-state index < -0.39 is 5.97 Å². The first-order valence-corrected chi connectivity index (χ1v) is 8.67. The first kappa shape index (κ1) is 18.1. The molecule has 2 aromatic rings. The minimum atomic E-state index is -0.640. The number of ether oxygens (including phenoxy) is 1. The van der Waals surface area contributed by atoms with E-state index in [1.165, 1.54) is 41.4 Å². The summed E-state index contributed by atoms with van der Waals surface area (Å²) >= 11 is 0. The van der Waals surface area contributed by atoms with Crippen LogP contribution in [-0.2, 0) is 9.53 Å². The predicted molar refractivity (Wildman–Crippen MR) is 93.3 cm³/mol. The van der Waals surface area contributed by atoms with Crippen molar-refractivity contribution in [2.75, 3.05) is 19.7 Å². The second-order valence-electron chi connectivity index (χ2n) is 6.95. The third-order valence-electron chi connectivity index (χ3n) is 4.50. The molecule has 0 saturated carbocycles. The van der Waals surface area contributed by atoms with Gasteiger partial charge in [-0.15, -0.1) is 0 Å². The summed E-state index contributed by atoms with van der Waals surface area (Å²) in [5.74, 6) is -0.312. The van der Waals surface area contributed by atoms with E-state index in [1.807, 2.05) is 0 Å². The predicted octanol–water partition coefficient (Wildman–Crippen LogP) is 2.67. The van der Waals surface area contributed by atoms with E-state index in [-0.39, 0.29) is 24.0 Å². The molecule has 0 spiro atoms. The molecule has 2 heterocycles. The van der Waals surface area contributed by atoms with Gasteiger partial charge in [0.15, 0.2) is 12.3 Å². The zero-order valence-corrected chi connectivity index (χ0v) is 14.9. The summed E-state index contributed by atoms with van der Waals surface area (Å²) in [6.45, 7) is 5.31. The molecule has 1 aliphatic heterocycles. The molecule has 1 aromatic carbocycles. The summed E-state index contributed by atoms with van der Waals surface area (Å²) in [5.41, 5.74) is 0.769. The molecule has 0 N–H and O–H groups in total. The van der Waals surface area contributed by atoms with Crippen molar-refractivity contribution in [3.05, 3.63) is 48.3 Å². The Morgan fingerprint density at radius 1 is 1.19 bits per heavy atom. The van der Waals surface area contributed by atoms with Crippen molar-refractivity contribution in [3.8, 4) is 5.69 Å². The standard InChI is InChI=1S/C19H22FN3O3/c1-13-7-14(2)10-22(9-13)18(24)11-26-19(25)17-8-21-12-23(17)16-5-3-15(20)4-6-16/h3-6,8,12-14H,7,9-11H2,1-2H3/t13-,14-/m0/s1. The van der Waals surface area contributed by atoms with Crippen molar-refractivity contribution in [2.45, 2.75) is 20.3 Å². The first-order chi connectivity index (χ1) is 12.4. The lowest BCUT2D eigenvalue weighted by Crippen LogP contribution is -2.44. The van der Waals surface area contributed by atoms with Gasteiger partial charge in [0.25, 0.3) is 5.91 Å². The van der Waals surface area contributed by atoms with Crippen molar-refractivity contribution in [1.82, 2.24) is 14.5 Å². The molecule has 1 aromatic heterocycles. The number of carbonyl (C=O) groups excluding carboxylic acids is 2. The summed E-state index contributed by atoms with van der Waals surface area (Å²) < 4.78 is 19.8. The average Bonchev–Trinajstić information content (AvgIpc) is 3.09. The van der Waals surface area contributed by atoms with E-state index in [1.54, 1.807) is 4.90 Å². The third kappa shape index (κ3) is 4.09. The van der Waals surface area contributed by atoms with Crippen LogP contribution in [0.1, 0.15) is 30.8 Å². The molecule has 138 valence electrons. The van der Waals surface area contributed by atoms with Gasteiger partial charge in [0.2, 0.25) is 0 Å². The van der Waals surface area contributed by atoms with Crippen molar-refractivity contribution >= 4 is 11.9 Å². The topological polar surface area (TPSA) is 64.4 Å². The number of aromatic nitrogens is 2. The summed E-state index contributed by atoms with van der Waals surface area (Å²) in [5, 5.41) is 0.